The molecule has 0 aromatic carbocycles. The summed E-state index contributed by atoms with van der Waals surface area (Å²) >= 11 is 0. The fourth-order valence-electron chi connectivity index (χ4n) is 1.30. The van der Waals surface area contributed by atoms with E-state index in [4.69, 9.17) is 5.11 Å². The summed E-state index contributed by atoms with van der Waals surface area (Å²) in [7, 11) is 0. The molecule has 0 aromatic heterocycles. The quantitative estimate of drug-likeness (QED) is 0.469. The average molecular weight is 184 g/mol. The lowest BCUT2D eigenvalue weighted by Crippen LogP contribution is -2.40. The van der Waals surface area contributed by atoms with Gasteiger partial charge in [-0.15, -0.1) is 0 Å². The van der Waals surface area contributed by atoms with E-state index in [0.717, 1.165) is 19.3 Å². The van der Waals surface area contributed by atoms with Gasteiger partial charge < -0.3 is 10.0 Å². The van der Waals surface area contributed by atoms with Crippen molar-refractivity contribution in [1.29, 1.82) is 0 Å². The van der Waals surface area contributed by atoms with Gasteiger partial charge in [-0.1, -0.05) is 0 Å². The maximum Gasteiger partial charge on any atom is 0.210 e. The van der Waals surface area contributed by atoms with Gasteiger partial charge in [-0.3, -0.25) is 9.79 Å². The monoisotopic (exact) mass is 184 g/mol. The van der Waals surface area contributed by atoms with Crippen LogP contribution in [0.5, 0.6) is 0 Å². The van der Waals surface area contributed by atoms with Gasteiger partial charge in [-0.2, -0.15) is 0 Å². The lowest BCUT2D eigenvalue weighted by atomic mass is 9.92. The Morgan fingerprint density at radius 3 is 2.77 bits per heavy atom. The number of nitrogens with zero attached hydrogens (tertiary/aromatic N) is 2. The lowest BCUT2D eigenvalue weighted by Gasteiger charge is -2.33. The van der Waals surface area contributed by atoms with E-state index in [1.807, 2.05) is 0 Å². The van der Waals surface area contributed by atoms with Crippen molar-refractivity contribution in [1.82, 2.24) is 4.90 Å². The highest BCUT2D eigenvalue weighted by Crippen LogP contribution is 2.22. The van der Waals surface area contributed by atoms with Crippen LogP contribution < -0.4 is 0 Å². The molecule has 0 radical (unpaired) electrons. The Kier molecular flexibility index (Phi) is 4.46. The molecule has 0 unspecified atom stereocenters. The minimum absolute atomic E-state index is 0.0705. The first-order valence-electron chi connectivity index (χ1n) is 4.68. The van der Waals surface area contributed by atoms with Crippen LogP contribution in [0.1, 0.15) is 19.3 Å². The lowest BCUT2D eigenvalue weighted by molar-refractivity contribution is -0.120. The zero-order valence-electron chi connectivity index (χ0n) is 7.72. The number of hydrogen-bond donors (Lipinski definition) is 1. The Morgan fingerprint density at radius 1 is 1.54 bits per heavy atom. The maximum absolute atomic E-state index is 10.6. The molecule has 0 spiro atoms. The molecule has 0 heterocycles. The van der Waals surface area contributed by atoms with E-state index < -0.39 is 0 Å². The molecule has 1 saturated carbocycles. The molecule has 4 nitrogen and oxygen atoms in total. The van der Waals surface area contributed by atoms with Crippen molar-refractivity contribution in [2.24, 2.45) is 4.99 Å². The van der Waals surface area contributed by atoms with Crippen LogP contribution in [0.3, 0.4) is 0 Å². The van der Waals surface area contributed by atoms with Crippen molar-refractivity contribution >= 4 is 12.6 Å². The van der Waals surface area contributed by atoms with E-state index in [1.54, 1.807) is 11.1 Å². The first-order valence-corrected chi connectivity index (χ1v) is 4.68. The molecule has 0 atom stereocenters. The molecule has 1 aliphatic rings. The molecule has 4 heteroatoms. The Morgan fingerprint density at radius 2 is 2.31 bits per heavy atom. The van der Waals surface area contributed by atoms with Crippen LogP contribution in [0, 0.1) is 0 Å². The summed E-state index contributed by atoms with van der Waals surface area (Å²) in [6.07, 6.45) is 6.04. The molecule has 74 valence electrons. The number of amides is 1. The summed E-state index contributed by atoms with van der Waals surface area (Å²) in [4.78, 5) is 16.3. The third kappa shape index (κ3) is 3.14. The predicted molar refractivity (Wildman–Crippen MR) is 50.9 cm³/mol. The van der Waals surface area contributed by atoms with Gasteiger partial charge in [0.25, 0.3) is 0 Å². The Hall–Kier alpha value is -0.900. The summed E-state index contributed by atoms with van der Waals surface area (Å²) in [6, 6.07) is 0.429. The van der Waals surface area contributed by atoms with Crippen LogP contribution in [0.25, 0.3) is 0 Å². The van der Waals surface area contributed by atoms with Crippen LogP contribution in [0.2, 0.25) is 0 Å². The molecule has 13 heavy (non-hydrogen) atoms. The van der Waals surface area contributed by atoms with E-state index in [2.05, 4.69) is 4.99 Å². The number of carbonyl (C=O) groups excluding carboxylic acids is 1. The van der Waals surface area contributed by atoms with Crippen LogP contribution in [0.15, 0.2) is 4.99 Å². The maximum atomic E-state index is 10.6. The SMILES string of the molecule is O=CN(CC=NCCO)C1CCC1. The van der Waals surface area contributed by atoms with Gasteiger partial charge in [0.05, 0.1) is 19.7 Å². The fourth-order valence-corrected chi connectivity index (χ4v) is 1.30. The minimum atomic E-state index is 0.0705. The Labute approximate surface area is 78.3 Å². The number of aliphatic hydroxyl groups is 1. The minimum Gasteiger partial charge on any atom is -0.394 e. The molecule has 1 rings (SSSR count). The molecule has 0 aliphatic heterocycles. The van der Waals surface area contributed by atoms with Crippen LogP contribution in [-0.4, -0.2) is 48.4 Å². The fraction of sp³-hybridized carbons (Fsp3) is 0.778. The Balaban J connectivity index is 2.19. The van der Waals surface area contributed by atoms with Crippen molar-refractivity contribution in [3.8, 4) is 0 Å². The third-order valence-electron chi connectivity index (χ3n) is 2.33. The normalized spacial score (nSPS) is 17.3. The molecule has 1 fully saturated rings. The summed E-state index contributed by atoms with van der Waals surface area (Å²) < 4.78 is 0. The number of carbonyl (C=O) groups is 1. The highest BCUT2D eigenvalue weighted by molar-refractivity contribution is 5.64. The van der Waals surface area contributed by atoms with Crippen molar-refractivity contribution in [3.05, 3.63) is 0 Å². The zero-order valence-corrected chi connectivity index (χ0v) is 7.72. The Bertz CT molecular complexity index is 178. The second-order valence-corrected chi connectivity index (χ2v) is 3.20. The molecule has 1 N–H and O–H groups in total. The number of hydrogen-bond acceptors (Lipinski definition) is 3. The zero-order chi connectivity index (χ0) is 9.52. The number of rotatable bonds is 6. The summed E-state index contributed by atoms with van der Waals surface area (Å²) in [6.45, 7) is 1.08. The number of aliphatic imine (C=N–C) groups is 1. The molecule has 1 amide bonds. The summed E-state index contributed by atoms with van der Waals surface area (Å²) in [5, 5.41) is 8.46. The number of aliphatic hydroxyl groups excluding tert-OH is 1. The van der Waals surface area contributed by atoms with E-state index >= 15 is 0 Å². The van der Waals surface area contributed by atoms with Crippen molar-refractivity contribution in [2.75, 3.05) is 19.7 Å². The van der Waals surface area contributed by atoms with Gasteiger partial charge in [-0.25, -0.2) is 0 Å². The molecular weight excluding hydrogens is 168 g/mol. The largest absolute Gasteiger partial charge is 0.394 e. The highest BCUT2D eigenvalue weighted by Gasteiger charge is 2.22. The van der Waals surface area contributed by atoms with Crippen molar-refractivity contribution in [3.63, 3.8) is 0 Å². The smallest absolute Gasteiger partial charge is 0.210 e. The van der Waals surface area contributed by atoms with Gasteiger partial charge >= 0.3 is 0 Å². The van der Waals surface area contributed by atoms with Gasteiger partial charge in [0.2, 0.25) is 6.41 Å². The summed E-state index contributed by atoms with van der Waals surface area (Å²) in [5.41, 5.74) is 0. The average Bonchev–Trinajstić information content (AvgIpc) is 2.07. The van der Waals surface area contributed by atoms with Gasteiger partial charge in [0, 0.05) is 12.3 Å². The molecular formula is C9H16N2O2. The van der Waals surface area contributed by atoms with Crippen LogP contribution in [-0.2, 0) is 4.79 Å². The first-order chi connectivity index (χ1) is 6.38. The summed E-state index contributed by atoms with van der Waals surface area (Å²) in [5.74, 6) is 0. The van der Waals surface area contributed by atoms with E-state index in [-0.39, 0.29) is 6.61 Å². The second-order valence-electron chi connectivity index (χ2n) is 3.20. The second kappa shape index (κ2) is 5.70. The van der Waals surface area contributed by atoms with Gasteiger partial charge in [-0.05, 0) is 19.3 Å². The molecule has 0 saturated heterocycles. The van der Waals surface area contributed by atoms with Crippen molar-refractivity contribution < 1.29 is 9.90 Å². The van der Waals surface area contributed by atoms with Crippen LogP contribution >= 0.6 is 0 Å². The van der Waals surface area contributed by atoms with E-state index in [9.17, 15) is 4.79 Å². The topological polar surface area (TPSA) is 52.9 Å². The standard InChI is InChI=1S/C9H16N2O2/c12-7-5-10-4-6-11(8-13)9-2-1-3-9/h4,8-9,12H,1-3,5-7H2. The molecule has 0 bridgehead atoms. The third-order valence-corrected chi connectivity index (χ3v) is 2.33. The van der Waals surface area contributed by atoms with E-state index in [1.165, 1.54) is 6.42 Å². The molecule has 1 aliphatic carbocycles. The van der Waals surface area contributed by atoms with Crippen molar-refractivity contribution in [2.45, 2.75) is 25.3 Å². The van der Waals surface area contributed by atoms with Crippen LogP contribution in [0.4, 0.5) is 0 Å². The van der Waals surface area contributed by atoms with Gasteiger partial charge in [0.15, 0.2) is 0 Å². The van der Waals surface area contributed by atoms with E-state index in [0.29, 0.717) is 19.1 Å². The first kappa shape index (κ1) is 10.2. The molecule has 0 aromatic rings. The van der Waals surface area contributed by atoms with Gasteiger partial charge in [0.1, 0.15) is 0 Å². The predicted octanol–water partition coefficient (Wildman–Crippen LogP) is 0.0604. The highest BCUT2D eigenvalue weighted by atomic mass is 16.3.